The van der Waals surface area contributed by atoms with E-state index in [1.807, 2.05) is 0 Å². The summed E-state index contributed by atoms with van der Waals surface area (Å²) in [5, 5.41) is 11.3. The standard InChI is InChI=1S/C13H17ClN2O3/c14-11-4-5-13(12(6-11)16(17)18)19-8-10-3-1-2-9(10)7-15/h4-6,9-10H,1-3,7-8,15H2. The fraction of sp³-hybridized carbons (Fsp3) is 0.538. The molecule has 2 rings (SSSR count). The summed E-state index contributed by atoms with van der Waals surface area (Å²) in [6.07, 6.45) is 3.34. The first-order valence-corrected chi connectivity index (χ1v) is 6.76. The Morgan fingerprint density at radius 2 is 2.16 bits per heavy atom. The Hall–Kier alpha value is -1.33. The average Bonchev–Trinajstić information content (AvgIpc) is 2.84. The molecule has 0 bridgehead atoms. The topological polar surface area (TPSA) is 78.4 Å². The molecule has 0 aliphatic heterocycles. The van der Waals surface area contributed by atoms with Crippen molar-refractivity contribution in [2.45, 2.75) is 19.3 Å². The van der Waals surface area contributed by atoms with E-state index in [0.717, 1.165) is 19.3 Å². The molecule has 1 aliphatic rings. The molecule has 0 saturated heterocycles. The summed E-state index contributed by atoms with van der Waals surface area (Å²) >= 11 is 5.76. The molecule has 6 heteroatoms. The van der Waals surface area contributed by atoms with Gasteiger partial charge in [0.05, 0.1) is 11.5 Å². The highest BCUT2D eigenvalue weighted by Crippen LogP contribution is 2.34. The van der Waals surface area contributed by atoms with Crippen LogP contribution in [0.25, 0.3) is 0 Å². The summed E-state index contributed by atoms with van der Waals surface area (Å²) < 4.78 is 5.61. The van der Waals surface area contributed by atoms with Gasteiger partial charge in [-0.1, -0.05) is 18.0 Å². The lowest BCUT2D eigenvalue weighted by Crippen LogP contribution is -2.23. The number of benzene rings is 1. The van der Waals surface area contributed by atoms with Crippen molar-refractivity contribution < 1.29 is 9.66 Å². The number of rotatable bonds is 5. The number of nitro groups is 1. The normalized spacial score (nSPS) is 22.4. The largest absolute Gasteiger partial charge is 0.487 e. The number of nitro benzene ring substituents is 1. The van der Waals surface area contributed by atoms with Crippen molar-refractivity contribution in [3.63, 3.8) is 0 Å². The Bertz CT molecular complexity index is 467. The third-order valence-corrected chi connectivity index (χ3v) is 3.92. The van der Waals surface area contributed by atoms with E-state index in [2.05, 4.69) is 0 Å². The number of nitrogens with two attached hydrogens (primary N) is 1. The molecule has 1 aliphatic carbocycles. The maximum absolute atomic E-state index is 10.9. The van der Waals surface area contributed by atoms with Crippen LogP contribution in [-0.4, -0.2) is 18.1 Å². The second-order valence-corrected chi connectivity index (χ2v) is 5.30. The highest BCUT2D eigenvalue weighted by atomic mass is 35.5. The Morgan fingerprint density at radius 1 is 1.42 bits per heavy atom. The molecule has 1 fully saturated rings. The second-order valence-electron chi connectivity index (χ2n) is 4.87. The first kappa shape index (κ1) is 14.1. The Morgan fingerprint density at radius 3 is 2.84 bits per heavy atom. The van der Waals surface area contributed by atoms with Crippen LogP contribution in [0.5, 0.6) is 5.75 Å². The van der Waals surface area contributed by atoms with Crippen molar-refractivity contribution in [3.8, 4) is 5.75 Å². The van der Waals surface area contributed by atoms with Gasteiger partial charge >= 0.3 is 5.69 Å². The second kappa shape index (κ2) is 6.21. The molecule has 5 nitrogen and oxygen atoms in total. The SMILES string of the molecule is NCC1CCCC1COc1ccc(Cl)cc1[N+](=O)[O-]. The van der Waals surface area contributed by atoms with E-state index in [0.29, 0.717) is 30.0 Å². The van der Waals surface area contributed by atoms with Crippen LogP contribution in [-0.2, 0) is 0 Å². The van der Waals surface area contributed by atoms with Gasteiger partial charge in [0.2, 0.25) is 0 Å². The predicted octanol–water partition coefficient (Wildman–Crippen LogP) is 3.00. The van der Waals surface area contributed by atoms with Crippen molar-refractivity contribution in [2.75, 3.05) is 13.2 Å². The van der Waals surface area contributed by atoms with Crippen molar-refractivity contribution >= 4 is 17.3 Å². The van der Waals surface area contributed by atoms with Gasteiger partial charge in [0.1, 0.15) is 0 Å². The van der Waals surface area contributed by atoms with E-state index in [1.165, 1.54) is 6.07 Å². The van der Waals surface area contributed by atoms with Gasteiger partial charge in [-0.2, -0.15) is 0 Å². The zero-order valence-electron chi connectivity index (χ0n) is 10.5. The first-order chi connectivity index (χ1) is 9.11. The van der Waals surface area contributed by atoms with Gasteiger partial charge in [0.25, 0.3) is 0 Å². The zero-order chi connectivity index (χ0) is 13.8. The highest BCUT2D eigenvalue weighted by molar-refractivity contribution is 6.30. The van der Waals surface area contributed by atoms with Crippen LogP contribution in [0.15, 0.2) is 18.2 Å². The summed E-state index contributed by atoms with van der Waals surface area (Å²) in [7, 11) is 0. The van der Waals surface area contributed by atoms with Crippen molar-refractivity contribution in [3.05, 3.63) is 33.3 Å². The van der Waals surface area contributed by atoms with Crippen LogP contribution in [0.4, 0.5) is 5.69 Å². The molecule has 0 heterocycles. The number of ether oxygens (including phenoxy) is 1. The maximum atomic E-state index is 10.9. The smallest absolute Gasteiger partial charge is 0.312 e. The minimum absolute atomic E-state index is 0.0882. The van der Waals surface area contributed by atoms with E-state index in [-0.39, 0.29) is 11.4 Å². The molecule has 2 N–H and O–H groups in total. The summed E-state index contributed by atoms with van der Waals surface area (Å²) in [5.41, 5.74) is 5.62. The Kier molecular flexibility index (Phi) is 4.61. The van der Waals surface area contributed by atoms with Crippen LogP contribution in [0.1, 0.15) is 19.3 Å². The van der Waals surface area contributed by atoms with E-state index in [9.17, 15) is 10.1 Å². The van der Waals surface area contributed by atoms with Crippen LogP contribution in [0.2, 0.25) is 5.02 Å². The van der Waals surface area contributed by atoms with Crippen LogP contribution >= 0.6 is 11.6 Å². The monoisotopic (exact) mass is 284 g/mol. The molecular weight excluding hydrogens is 268 g/mol. The molecular formula is C13H17ClN2O3. The van der Waals surface area contributed by atoms with Crippen molar-refractivity contribution in [1.29, 1.82) is 0 Å². The summed E-state index contributed by atoms with van der Waals surface area (Å²) in [4.78, 5) is 10.5. The van der Waals surface area contributed by atoms with Gasteiger partial charge in [-0.3, -0.25) is 10.1 Å². The zero-order valence-corrected chi connectivity index (χ0v) is 11.3. The third-order valence-electron chi connectivity index (χ3n) is 3.69. The number of halogens is 1. The van der Waals surface area contributed by atoms with E-state index in [1.54, 1.807) is 12.1 Å². The highest BCUT2D eigenvalue weighted by Gasteiger charge is 2.27. The minimum Gasteiger partial charge on any atom is -0.487 e. The Balaban J connectivity index is 2.05. The van der Waals surface area contributed by atoms with E-state index < -0.39 is 4.92 Å². The number of nitrogens with zero attached hydrogens (tertiary/aromatic N) is 1. The van der Waals surface area contributed by atoms with Crippen molar-refractivity contribution in [2.24, 2.45) is 17.6 Å². The van der Waals surface area contributed by atoms with Crippen LogP contribution in [0.3, 0.4) is 0 Å². The fourth-order valence-electron chi connectivity index (χ4n) is 2.60. The molecule has 1 aromatic carbocycles. The fourth-order valence-corrected chi connectivity index (χ4v) is 2.76. The van der Waals surface area contributed by atoms with E-state index in [4.69, 9.17) is 22.1 Å². The minimum atomic E-state index is -0.476. The lowest BCUT2D eigenvalue weighted by atomic mass is 9.97. The lowest BCUT2D eigenvalue weighted by molar-refractivity contribution is -0.385. The summed E-state index contributed by atoms with van der Waals surface area (Å²) in [6.45, 7) is 1.13. The molecule has 1 saturated carbocycles. The quantitative estimate of drug-likeness (QED) is 0.666. The van der Waals surface area contributed by atoms with Crippen LogP contribution < -0.4 is 10.5 Å². The molecule has 2 atom stereocenters. The predicted molar refractivity (Wildman–Crippen MR) is 73.5 cm³/mol. The molecule has 2 unspecified atom stereocenters. The van der Waals surface area contributed by atoms with E-state index >= 15 is 0 Å². The molecule has 104 valence electrons. The molecule has 0 amide bonds. The van der Waals surface area contributed by atoms with Crippen LogP contribution in [0, 0.1) is 22.0 Å². The third kappa shape index (κ3) is 3.36. The van der Waals surface area contributed by atoms with Gasteiger partial charge in [0, 0.05) is 11.1 Å². The maximum Gasteiger partial charge on any atom is 0.312 e. The first-order valence-electron chi connectivity index (χ1n) is 6.38. The average molecular weight is 285 g/mol. The van der Waals surface area contributed by atoms with Gasteiger partial charge in [-0.05, 0) is 43.4 Å². The van der Waals surface area contributed by atoms with Gasteiger partial charge in [-0.25, -0.2) is 0 Å². The summed E-state index contributed by atoms with van der Waals surface area (Å²) in [6, 6.07) is 4.46. The van der Waals surface area contributed by atoms with Crippen molar-refractivity contribution in [1.82, 2.24) is 0 Å². The molecule has 0 radical (unpaired) electrons. The molecule has 0 aromatic heterocycles. The number of hydrogen-bond acceptors (Lipinski definition) is 4. The van der Waals surface area contributed by atoms with Gasteiger partial charge in [-0.15, -0.1) is 0 Å². The molecule has 19 heavy (non-hydrogen) atoms. The number of hydrogen-bond donors (Lipinski definition) is 1. The summed E-state index contributed by atoms with van der Waals surface area (Å²) in [5.74, 6) is 1.13. The van der Waals surface area contributed by atoms with Gasteiger partial charge in [0.15, 0.2) is 5.75 Å². The molecule has 0 spiro atoms. The lowest BCUT2D eigenvalue weighted by Gasteiger charge is -2.18. The van der Waals surface area contributed by atoms with Gasteiger partial charge < -0.3 is 10.5 Å². The molecule has 1 aromatic rings. The Labute approximate surface area is 116 Å².